The quantitative estimate of drug-likeness (QED) is 0.867. The van der Waals surface area contributed by atoms with E-state index in [1.807, 2.05) is 13.0 Å². The van der Waals surface area contributed by atoms with Crippen molar-refractivity contribution in [1.29, 1.82) is 0 Å². The zero-order chi connectivity index (χ0) is 16.7. The van der Waals surface area contributed by atoms with Gasteiger partial charge in [0.25, 0.3) is 0 Å². The molecule has 0 radical (unpaired) electrons. The Morgan fingerprint density at radius 2 is 1.92 bits per heavy atom. The minimum absolute atomic E-state index is 0.154. The molecule has 2 aliphatic heterocycles. The lowest BCUT2D eigenvalue weighted by Gasteiger charge is -2.39. The van der Waals surface area contributed by atoms with Crippen molar-refractivity contribution in [2.24, 2.45) is 11.8 Å². The molecule has 2 saturated heterocycles. The second kappa shape index (κ2) is 6.74. The summed E-state index contributed by atoms with van der Waals surface area (Å²) >= 11 is 0. The van der Waals surface area contributed by atoms with Crippen molar-refractivity contribution in [3.05, 3.63) is 35.1 Å². The zero-order valence-corrected chi connectivity index (χ0v) is 14.5. The first-order valence-corrected chi connectivity index (χ1v) is 9.38. The third-order valence-corrected chi connectivity index (χ3v) is 6.41. The van der Waals surface area contributed by atoms with Gasteiger partial charge in [-0.1, -0.05) is 12.1 Å². The molecule has 4 atom stereocenters. The minimum atomic E-state index is -0.154. The lowest BCUT2D eigenvalue weighted by Crippen LogP contribution is -2.46. The number of nitrogens with zero attached hydrogens (tertiary/aromatic N) is 1. The summed E-state index contributed by atoms with van der Waals surface area (Å²) in [6.45, 7) is 3.83. The van der Waals surface area contributed by atoms with Crippen molar-refractivity contribution in [2.75, 3.05) is 13.2 Å². The van der Waals surface area contributed by atoms with Gasteiger partial charge in [0.1, 0.15) is 5.82 Å². The van der Waals surface area contributed by atoms with Crippen molar-refractivity contribution < 1.29 is 14.2 Å². The normalized spacial score (nSPS) is 35.4. The fraction of sp³-hybridized carbons (Fsp3) is 0.700. The summed E-state index contributed by atoms with van der Waals surface area (Å²) in [7, 11) is 0. The van der Waals surface area contributed by atoms with E-state index in [1.54, 1.807) is 6.07 Å². The van der Waals surface area contributed by atoms with Crippen molar-refractivity contribution >= 4 is 0 Å². The third kappa shape index (κ3) is 3.24. The molecule has 1 aromatic rings. The summed E-state index contributed by atoms with van der Waals surface area (Å²) < 4.78 is 20.1. The van der Waals surface area contributed by atoms with Gasteiger partial charge in [0, 0.05) is 30.8 Å². The third-order valence-electron chi connectivity index (χ3n) is 6.41. The van der Waals surface area contributed by atoms with Crippen LogP contribution in [0.1, 0.15) is 43.2 Å². The Balaban J connectivity index is 1.32. The number of hydrogen-bond acceptors (Lipinski definition) is 3. The van der Waals surface area contributed by atoms with E-state index in [1.165, 1.54) is 25.3 Å². The molecular weight excluding hydrogens is 305 g/mol. The molecule has 1 aromatic carbocycles. The maximum absolute atomic E-state index is 13.9. The molecule has 1 aliphatic carbocycles. The molecule has 1 saturated carbocycles. The Kier molecular flexibility index (Phi) is 4.63. The van der Waals surface area contributed by atoms with Gasteiger partial charge in [0.05, 0.1) is 12.7 Å². The molecule has 1 N–H and O–H groups in total. The van der Waals surface area contributed by atoms with E-state index in [2.05, 4.69) is 4.90 Å². The number of hydrogen-bond donors (Lipinski definition) is 1. The SMILES string of the molecule is Cc1cccc(F)c1COC1CC2CCC(C1)N2C[C@@H]1C[C@H]1CO. The molecule has 3 aliphatic rings. The summed E-state index contributed by atoms with van der Waals surface area (Å²) in [4.78, 5) is 2.68. The van der Waals surface area contributed by atoms with Crippen LogP contribution in [0.3, 0.4) is 0 Å². The van der Waals surface area contributed by atoms with Gasteiger partial charge in [-0.25, -0.2) is 4.39 Å². The summed E-state index contributed by atoms with van der Waals surface area (Å²) in [6, 6.07) is 6.46. The molecule has 0 aromatic heterocycles. The molecule has 4 rings (SSSR count). The highest BCUT2D eigenvalue weighted by Crippen LogP contribution is 2.44. The molecule has 3 fully saturated rings. The lowest BCUT2D eigenvalue weighted by atomic mass is 9.99. The number of ether oxygens (including phenoxy) is 1. The van der Waals surface area contributed by atoms with Crippen LogP contribution in [0.4, 0.5) is 4.39 Å². The van der Waals surface area contributed by atoms with Crippen molar-refractivity contribution in [2.45, 2.75) is 63.8 Å². The summed E-state index contributed by atoms with van der Waals surface area (Å²) in [5.74, 6) is 1.10. The molecule has 0 spiro atoms. The number of fused-ring (bicyclic) bond motifs is 2. The molecule has 4 heteroatoms. The predicted octanol–water partition coefficient (Wildman–Crippen LogP) is 3.27. The Bertz CT molecular complexity index is 559. The zero-order valence-electron chi connectivity index (χ0n) is 14.5. The van der Waals surface area contributed by atoms with Crippen LogP contribution in [-0.2, 0) is 11.3 Å². The molecular formula is C20H28FNO2. The van der Waals surface area contributed by atoms with Crippen LogP contribution in [0.15, 0.2) is 18.2 Å². The van der Waals surface area contributed by atoms with Gasteiger partial charge in [-0.3, -0.25) is 4.90 Å². The number of aliphatic hydroxyl groups is 1. The Hall–Kier alpha value is -0.970. The molecule has 3 nitrogen and oxygen atoms in total. The second-order valence-corrected chi connectivity index (χ2v) is 7.96. The maximum atomic E-state index is 13.9. The topological polar surface area (TPSA) is 32.7 Å². The van der Waals surface area contributed by atoms with Gasteiger partial charge >= 0.3 is 0 Å². The first-order chi connectivity index (χ1) is 11.7. The predicted molar refractivity (Wildman–Crippen MR) is 91.1 cm³/mol. The molecule has 2 bridgehead atoms. The van der Waals surface area contributed by atoms with E-state index < -0.39 is 0 Å². The average Bonchev–Trinajstić information content (AvgIpc) is 3.27. The number of aryl methyl sites for hydroxylation is 1. The van der Waals surface area contributed by atoms with Gasteiger partial charge in [-0.15, -0.1) is 0 Å². The second-order valence-electron chi connectivity index (χ2n) is 7.96. The van der Waals surface area contributed by atoms with Gasteiger partial charge in [0.2, 0.25) is 0 Å². The van der Waals surface area contributed by atoms with Crippen LogP contribution in [0.25, 0.3) is 0 Å². The van der Waals surface area contributed by atoms with E-state index >= 15 is 0 Å². The molecule has 0 amide bonds. The largest absolute Gasteiger partial charge is 0.396 e. The number of rotatable bonds is 6. The van der Waals surface area contributed by atoms with Crippen molar-refractivity contribution in [1.82, 2.24) is 4.90 Å². The fourth-order valence-electron chi connectivity index (χ4n) is 4.74. The van der Waals surface area contributed by atoms with E-state index in [0.717, 1.165) is 24.9 Å². The van der Waals surface area contributed by atoms with Gasteiger partial charge in [-0.2, -0.15) is 0 Å². The summed E-state index contributed by atoms with van der Waals surface area (Å²) in [5, 5.41) is 9.25. The first-order valence-electron chi connectivity index (χ1n) is 9.38. The van der Waals surface area contributed by atoms with Crippen molar-refractivity contribution in [3.8, 4) is 0 Å². The van der Waals surface area contributed by atoms with E-state index in [9.17, 15) is 9.50 Å². The first kappa shape index (κ1) is 16.5. The highest BCUT2D eigenvalue weighted by molar-refractivity contribution is 5.26. The maximum Gasteiger partial charge on any atom is 0.128 e. The van der Waals surface area contributed by atoms with Crippen LogP contribution in [0.5, 0.6) is 0 Å². The monoisotopic (exact) mass is 333 g/mol. The number of benzene rings is 1. The number of halogens is 1. The van der Waals surface area contributed by atoms with E-state index in [4.69, 9.17) is 4.74 Å². The Labute approximate surface area is 143 Å². The highest BCUT2D eigenvalue weighted by atomic mass is 19.1. The van der Waals surface area contributed by atoms with E-state index in [0.29, 0.717) is 42.7 Å². The Morgan fingerprint density at radius 1 is 1.17 bits per heavy atom. The summed E-state index contributed by atoms with van der Waals surface area (Å²) in [6.07, 6.45) is 6.12. The van der Waals surface area contributed by atoms with Crippen LogP contribution in [-0.4, -0.2) is 41.3 Å². The smallest absolute Gasteiger partial charge is 0.128 e. The summed E-state index contributed by atoms with van der Waals surface area (Å²) in [5.41, 5.74) is 1.68. The molecule has 2 unspecified atom stereocenters. The molecule has 132 valence electrons. The van der Waals surface area contributed by atoms with Crippen LogP contribution >= 0.6 is 0 Å². The number of piperidine rings is 1. The Morgan fingerprint density at radius 3 is 2.54 bits per heavy atom. The van der Waals surface area contributed by atoms with E-state index in [-0.39, 0.29) is 11.9 Å². The minimum Gasteiger partial charge on any atom is -0.396 e. The fourth-order valence-corrected chi connectivity index (χ4v) is 4.74. The lowest BCUT2D eigenvalue weighted by molar-refractivity contribution is -0.0306. The van der Waals surface area contributed by atoms with Gasteiger partial charge < -0.3 is 9.84 Å². The standard InChI is InChI=1S/C20H28FNO2/c1-13-3-2-4-20(21)19(13)12-24-18-8-16-5-6-17(9-18)22(16)10-14-7-15(14)11-23/h2-4,14-18,23H,5-12H2,1H3/t14-,15-,16?,17?,18?/m0/s1. The highest BCUT2D eigenvalue weighted by Gasteiger charge is 2.45. The van der Waals surface area contributed by atoms with Gasteiger partial charge in [0.15, 0.2) is 0 Å². The molecule has 24 heavy (non-hydrogen) atoms. The van der Waals surface area contributed by atoms with Crippen LogP contribution < -0.4 is 0 Å². The van der Waals surface area contributed by atoms with Crippen LogP contribution in [0.2, 0.25) is 0 Å². The average molecular weight is 333 g/mol. The molecule has 2 heterocycles. The van der Waals surface area contributed by atoms with Gasteiger partial charge in [-0.05, 0) is 62.5 Å². The number of aliphatic hydroxyl groups excluding tert-OH is 1. The van der Waals surface area contributed by atoms with Crippen LogP contribution in [0, 0.1) is 24.6 Å². The van der Waals surface area contributed by atoms with Crippen molar-refractivity contribution in [3.63, 3.8) is 0 Å².